The molecule has 0 spiro atoms. The lowest BCUT2D eigenvalue weighted by Gasteiger charge is -2.37. The summed E-state index contributed by atoms with van der Waals surface area (Å²) < 4.78 is 0. The van der Waals surface area contributed by atoms with E-state index in [4.69, 9.17) is 0 Å². The molecule has 2 amide bonds. The fourth-order valence-corrected chi connectivity index (χ4v) is 2.93. The second-order valence-corrected chi connectivity index (χ2v) is 6.45. The zero-order chi connectivity index (χ0) is 16.1. The number of amides is 2. The van der Waals surface area contributed by atoms with Crippen molar-refractivity contribution in [2.24, 2.45) is 0 Å². The van der Waals surface area contributed by atoms with Gasteiger partial charge in [-0.05, 0) is 30.9 Å². The molecule has 1 aliphatic heterocycles. The zero-order valence-electron chi connectivity index (χ0n) is 14.3. The van der Waals surface area contributed by atoms with Gasteiger partial charge < -0.3 is 10.2 Å². The topological polar surface area (TPSA) is 35.6 Å². The molecule has 1 aromatic rings. The van der Waals surface area contributed by atoms with E-state index in [1.807, 2.05) is 23.1 Å². The summed E-state index contributed by atoms with van der Waals surface area (Å²) in [7, 11) is 0. The number of hydrogen-bond donors (Lipinski definition) is 1. The van der Waals surface area contributed by atoms with Crippen LogP contribution in [0, 0.1) is 0 Å². The maximum atomic E-state index is 12.5. The van der Waals surface area contributed by atoms with Crippen molar-refractivity contribution in [1.82, 2.24) is 9.80 Å². The number of urea groups is 1. The third-order valence-electron chi connectivity index (χ3n) is 4.64. The highest BCUT2D eigenvalue weighted by Gasteiger charge is 2.23. The van der Waals surface area contributed by atoms with Gasteiger partial charge in [0, 0.05) is 37.9 Å². The van der Waals surface area contributed by atoms with E-state index >= 15 is 0 Å². The van der Waals surface area contributed by atoms with Gasteiger partial charge in [0.1, 0.15) is 0 Å². The number of benzene rings is 1. The van der Waals surface area contributed by atoms with Crippen LogP contribution in [0.1, 0.15) is 45.6 Å². The van der Waals surface area contributed by atoms with Gasteiger partial charge in [-0.3, -0.25) is 4.90 Å². The molecule has 1 saturated heterocycles. The summed E-state index contributed by atoms with van der Waals surface area (Å²) in [5.41, 5.74) is 2.13. The van der Waals surface area contributed by atoms with E-state index in [0.717, 1.165) is 38.3 Å². The van der Waals surface area contributed by atoms with Crippen LogP contribution in [0.3, 0.4) is 0 Å². The number of nitrogens with one attached hydrogen (secondary N) is 1. The summed E-state index contributed by atoms with van der Waals surface area (Å²) >= 11 is 0. The minimum absolute atomic E-state index is 0.0249. The van der Waals surface area contributed by atoms with Gasteiger partial charge in [-0.1, -0.05) is 39.0 Å². The summed E-state index contributed by atoms with van der Waals surface area (Å²) in [6, 6.07) is 8.70. The van der Waals surface area contributed by atoms with E-state index in [2.05, 4.69) is 44.0 Å². The standard InChI is InChI=1S/C18H29N3O/c1-5-15(4)20-10-12-21(13-11-20)18(22)19-17-9-7-6-8-16(17)14(2)3/h6-9,14-15H,5,10-13H2,1-4H3,(H,19,22). The highest BCUT2D eigenvalue weighted by Crippen LogP contribution is 2.24. The minimum Gasteiger partial charge on any atom is -0.322 e. The van der Waals surface area contributed by atoms with E-state index in [1.165, 1.54) is 5.56 Å². The van der Waals surface area contributed by atoms with Crippen molar-refractivity contribution in [3.8, 4) is 0 Å². The van der Waals surface area contributed by atoms with Crippen molar-refractivity contribution >= 4 is 11.7 Å². The third kappa shape index (κ3) is 4.01. The number of para-hydroxylation sites is 1. The van der Waals surface area contributed by atoms with Crippen LogP contribution in [0.2, 0.25) is 0 Å². The number of hydrogen-bond acceptors (Lipinski definition) is 2. The molecule has 1 heterocycles. The summed E-state index contributed by atoms with van der Waals surface area (Å²) in [5.74, 6) is 0.402. The normalized spacial score (nSPS) is 17.6. The van der Waals surface area contributed by atoms with Crippen LogP contribution in [0.4, 0.5) is 10.5 Å². The molecule has 1 atom stereocenters. The largest absolute Gasteiger partial charge is 0.322 e. The number of carbonyl (C=O) groups excluding carboxylic acids is 1. The van der Waals surface area contributed by atoms with Gasteiger partial charge in [-0.15, -0.1) is 0 Å². The smallest absolute Gasteiger partial charge is 0.321 e. The Balaban J connectivity index is 1.94. The Hall–Kier alpha value is -1.55. The van der Waals surface area contributed by atoms with Crippen LogP contribution in [0.15, 0.2) is 24.3 Å². The summed E-state index contributed by atoms with van der Waals surface area (Å²) in [6.07, 6.45) is 1.16. The first-order valence-electron chi connectivity index (χ1n) is 8.41. The molecular weight excluding hydrogens is 274 g/mol. The summed E-state index contributed by atoms with van der Waals surface area (Å²) in [5, 5.41) is 3.09. The average molecular weight is 303 g/mol. The van der Waals surface area contributed by atoms with Gasteiger partial charge >= 0.3 is 6.03 Å². The van der Waals surface area contributed by atoms with Gasteiger partial charge in [0.05, 0.1) is 0 Å². The molecule has 0 radical (unpaired) electrons. The predicted molar refractivity (Wildman–Crippen MR) is 92.4 cm³/mol. The SMILES string of the molecule is CCC(C)N1CCN(C(=O)Nc2ccccc2C(C)C)CC1. The van der Waals surface area contributed by atoms with E-state index in [1.54, 1.807) is 0 Å². The molecule has 0 bridgehead atoms. The van der Waals surface area contributed by atoms with Crippen LogP contribution < -0.4 is 5.32 Å². The Kier molecular flexibility index (Phi) is 5.83. The predicted octanol–water partition coefficient (Wildman–Crippen LogP) is 3.76. The van der Waals surface area contributed by atoms with Crippen LogP contribution >= 0.6 is 0 Å². The molecule has 1 fully saturated rings. The molecule has 22 heavy (non-hydrogen) atoms. The number of carbonyl (C=O) groups is 1. The van der Waals surface area contributed by atoms with Gasteiger partial charge in [-0.2, -0.15) is 0 Å². The van der Waals surface area contributed by atoms with Crippen molar-refractivity contribution in [2.45, 2.75) is 46.1 Å². The third-order valence-corrected chi connectivity index (χ3v) is 4.64. The van der Waals surface area contributed by atoms with Crippen molar-refractivity contribution in [3.63, 3.8) is 0 Å². The summed E-state index contributed by atoms with van der Waals surface area (Å²) in [6.45, 7) is 12.3. The van der Waals surface area contributed by atoms with Crippen LogP contribution in [0.5, 0.6) is 0 Å². The highest BCUT2D eigenvalue weighted by atomic mass is 16.2. The number of piperazine rings is 1. The molecule has 4 heteroatoms. The van der Waals surface area contributed by atoms with Crippen LogP contribution in [-0.4, -0.2) is 48.1 Å². The Morgan fingerprint density at radius 3 is 2.36 bits per heavy atom. The maximum absolute atomic E-state index is 12.5. The number of nitrogens with zero attached hydrogens (tertiary/aromatic N) is 2. The monoisotopic (exact) mass is 303 g/mol. The lowest BCUT2D eigenvalue weighted by Crippen LogP contribution is -2.52. The molecule has 0 aliphatic carbocycles. The summed E-state index contributed by atoms with van der Waals surface area (Å²) in [4.78, 5) is 16.9. The number of anilines is 1. The Morgan fingerprint density at radius 1 is 1.14 bits per heavy atom. The first kappa shape index (κ1) is 16.8. The van der Waals surface area contributed by atoms with Crippen molar-refractivity contribution in [3.05, 3.63) is 29.8 Å². The molecule has 1 N–H and O–H groups in total. The molecule has 0 saturated carbocycles. The van der Waals surface area contributed by atoms with E-state index in [9.17, 15) is 4.79 Å². The molecule has 0 aromatic heterocycles. The minimum atomic E-state index is 0.0249. The molecule has 122 valence electrons. The highest BCUT2D eigenvalue weighted by molar-refractivity contribution is 5.90. The molecule has 1 aromatic carbocycles. The second-order valence-electron chi connectivity index (χ2n) is 6.45. The van der Waals surface area contributed by atoms with Crippen molar-refractivity contribution in [1.29, 1.82) is 0 Å². The van der Waals surface area contributed by atoms with Crippen molar-refractivity contribution < 1.29 is 4.79 Å². The fourth-order valence-electron chi connectivity index (χ4n) is 2.93. The van der Waals surface area contributed by atoms with Gasteiger partial charge in [0.25, 0.3) is 0 Å². The maximum Gasteiger partial charge on any atom is 0.321 e. The Bertz CT molecular complexity index is 493. The van der Waals surface area contributed by atoms with E-state index in [-0.39, 0.29) is 6.03 Å². The van der Waals surface area contributed by atoms with E-state index < -0.39 is 0 Å². The molecule has 1 aliphatic rings. The van der Waals surface area contributed by atoms with Gasteiger partial charge in [0.2, 0.25) is 0 Å². The zero-order valence-corrected chi connectivity index (χ0v) is 14.3. The van der Waals surface area contributed by atoms with Crippen molar-refractivity contribution in [2.75, 3.05) is 31.5 Å². The lowest BCUT2D eigenvalue weighted by atomic mass is 10.0. The van der Waals surface area contributed by atoms with Crippen LogP contribution in [0.25, 0.3) is 0 Å². The Morgan fingerprint density at radius 2 is 1.77 bits per heavy atom. The van der Waals surface area contributed by atoms with Crippen LogP contribution in [-0.2, 0) is 0 Å². The Labute approximate surface area is 134 Å². The molecule has 4 nitrogen and oxygen atoms in total. The molecule has 2 rings (SSSR count). The first-order chi connectivity index (χ1) is 10.5. The first-order valence-corrected chi connectivity index (χ1v) is 8.41. The van der Waals surface area contributed by atoms with Gasteiger partial charge in [0.15, 0.2) is 0 Å². The molecule has 1 unspecified atom stereocenters. The van der Waals surface area contributed by atoms with Gasteiger partial charge in [-0.25, -0.2) is 4.79 Å². The number of rotatable bonds is 4. The average Bonchev–Trinajstić information content (AvgIpc) is 2.54. The van der Waals surface area contributed by atoms with E-state index in [0.29, 0.717) is 12.0 Å². The lowest BCUT2D eigenvalue weighted by molar-refractivity contribution is 0.117. The second kappa shape index (κ2) is 7.63. The quantitative estimate of drug-likeness (QED) is 0.919. The fraction of sp³-hybridized carbons (Fsp3) is 0.611. The molecular formula is C18H29N3O.